The molecule has 4 nitrogen and oxygen atoms in total. The second-order valence-electron chi connectivity index (χ2n) is 2.85. The van der Waals surface area contributed by atoms with Gasteiger partial charge < -0.3 is 0 Å². The lowest BCUT2D eigenvalue weighted by atomic mass is 10.3. The van der Waals surface area contributed by atoms with Gasteiger partial charge in [-0.3, -0.25) is 9.89 Å². The second-order valence-corrected chi connectivity index (χ2v) is 3.23. The Bertz CT molecular complexity index is 540. The summed E-state index contributed by atoms with van der Waals surface area (Å²) in [6, 6.07) is 3.25. The number of rotatable bonds is 2. The van der Waals surface area contributed by atoms with E-state index in [4.69, 9.17) is 11.6 Å². The molecule has 0 aromatic carbocycles. The quantitative estimate of drug-likeness (QED) is 0.603. The molecule has 2 aromatic rings. The van der Waals surface area contributed by atoms with Gasteiger partial charge in [0, 0.05) is 0 Å². The van der Waals surface area contributed by atoms with Gasteiger partial charge in [-0.15, -0.1) is 6.58 Å². The van der Waals surface area contributed by atoms with E-state index in [9.17, 15) is 4.79 Å². The number of hydrogen-bond donors (Lipinski definition) is 1. The van der Waals surface area contributed by atoms with E-state index in [1.165, 1.54) is 4.68 Å². The normalized spacial score (nSPS) is 10.6. The molecule has 0 atom stereocenters. The highest BCUT2D eigenvalue weighted by Crippen LogP contribution is 2.09. The van der Waals surface area contributed by atoms with Gasteiger partial charge in [-0.1, -0.05) is 17.7 Å². The molecule has 0 radical (unpaired) electrons. The molecular weight excluding hydrogens is 202 g/mol. The summed E-state index contributed by atoms with van der Waals surface area (Å²) in [6.07, 6.45) is 1.64. The van der Waals surface area contributed by atoms with Gasteiger partial charge in [0.05, 0.1) is 11.9 Å². The number of aromatic nitrogens is 3. The average Bonchev–Trinajstić information content (AvgIpc) is 2.44. The van der Waals surface area contributed by atoms with E-state index < -0.39 is 0 Å². The number of pyridine rings is 1. The van der Waals surface area contributed by atoms with Crippen molar-refractivity contribution in [1.82, 2.24) is 14.8 Å². The lowest BCUT2D eigenvalue weighted by Gasteiger charge is -1.91. The van der Waals surface area contributed by atoms with Crippen molar-refractivity contribution in [2.45, 2.75) is 6.54 Å². The van der Waals surface area contributed by atoms with E-state index in [1.54, 1.807) is 18.2 Å². The summed E-state index contributed by atoms with van der Waals surface area (Å²) in [6.45, 7) is 4.00. The van der Waals surface area contributed by atoms with Crippen molar-refractivity contribution in [1.29, 1.82) is 0 Å². The van der Waals surface area contributed by atoms with Crippen LogP contribution in [0.5, 0.6) is 0 Å². The molecule has 5 heteroatoms. The van der Waals surface area contributed by atoms with Crippen LogP contribution in [0.1, 0.15) is 0 Å². The topological polar surface area (TPSA) is 50.7 Å². The third kappa shape index (κ3) is 1.33. The van der Waals surface area contributed by atoms with Gasteiger partial charge in [0.2, 0.25) is 0 Å². The van der Waals surface area contributed by atoms with Gasteiger partial charge in [0.1, 0.15) is 5.15 Å². The number of aromatic amines is 1. The Morgan fingerprint density at radius 3 is 3.14 bits per heavy atom. The maximum atomic E-state index is 11.6. The molecular formula is C9H8ClN3O. The summed E-state index contributed by atoms with van der Waals surface area (Å²) in [5, 5.41) is 3.75. The first-order valence-corrected chi connectivity index (χ1v) is 4.46. The van der Waals surface area contributed by atoms with Gasteiger partial charge in [-0.25, -0.2) is 9.67 Å². The molecule has 0 bridgehead atoms. The Balaban J connectivity index is 2.73. The molecule has 72 valence electrons. The van der Waals surface area contributed by atoms with Crippen molar-refractivity contribution >= 4 is 22.6 Å². The lowest BCUT2D eigenvalue weighted by Crippen LogP contribution is -2.15. The van der Waals surface area contributed by atoms with Crippen LogP contribution in [0.15, 0.2) is 29.6 Å². The summed E-state index contributed by atoms with van der Waals surface area (Å²) >= 11 is 5.69. The summed E-state index contributed by atoms with van der Waals surface area (Å²) in [4.78, 5) is 15.6. The van der Waals surface area contributed by atoms with Gasteiger partial charge in [0.15, 0.2) is 5.65 Å². The smallest absolute Gasteiger partial charge is 0.276 e. The van der Waals surface area contributed by atoms with E-state index in [0.29, 0.717) is 22.7 Å². The van der Waals surface area contributed by atoms with Crippen molar-refractivity contribution in [3.8, 4) is 0 Å². The monoisotopic (exact) mass is 209 g/mol. The van der Waals surface area contributed by atoms with Crippen LogP contribution in [-0.2, 0) is 6.54 Å². The molecule has 0 fully saturated rings. The predicted octanol–water partition coefficient (Wildman–Crippen LogP) is 1.56. The maximum absolute atomic E-state index is 11.6. The van der Waals surface area contributed by atoms with Crippen LogP contribution in [-0.4, -0.2) is 14.8 Å². The Morgan fingerprint density at radius 2 is 2.43 bits per heavy atom. The fourth-order valence-electron chi connectivity index (χ4n) is 1.27. The fraction of sp³-hybridized carbons (Fsp3) is 0.111. The van der Waals surface area contributed by atoms with E-state index in [2.05, 4.69) is 16.7 Å². The summed E-state index contributed by atoms with van der Waals surface area (Å²) in [5.74, 6) is 0. The molecule has 2 aromatic heterocycles. The molecule has 0 spiro atoms. The number of halogens is 1. The number of nitrogens with zero attached hydrogens (tertiary/aromatic N) is 2. The summed E-state index contributed by atoms with van der Waals surface area (Å²) in [5.41, 5.74) is 0.397. The first kappa shape index (κ1) is 9.02. The Kier molecular flexibility index (Phi) is 2.13. The molecule has 0 aliphatic rings. The number of H-pyrrole nitrogens is 1. The molecule has 2 heterocycles. The lowest BCUT2D eigenvalue weighted by molar-refractivity contribution is 0.685. The minimum Gasteiger partial charge on any atom is -0.278 e. The third-order valence-corrected chi connectivity index (χ3v) is 2.10. The largest absolute Gasteiger partial charge is 0.278 e. The van der Waals surface area contributed by atoms with E-state index in [1.807, 2.05) is 0 Å². The van der Waals surface area contributed by atoms with Gasteiger partial charge in [-0.2, -0.15) is 0 Å². The minimum atomic E-state index is -0.107. The van der Waals surface area contributed by atoms with E-state index in [-0.39, 0.29) is 5.56 Å². The maximum Gasteiger partial charge on any atom is 0.276 e. The molecule has 2 rings (SSSR count). The molecule has 0 amide bonds. The summed E-state index contributed by atoms with van der Waals surface area (Å²) in [7, 11) is 0. The van der Waals surface area contributed by atoms with Crippen molar-refractivity contribution in [3.63, 3.8) is 0 Å². The summed E-state index contributed by atoms with van der Waals surface area (Å²) < 4.78 is 1.43. The first-order chi connectivity index (χ1) is 6.72. The van der Waals surface area contributed by atoms with Crippen molar-refractivity contribution < 1.29 is 0 Å². The minimum absolute atomic E-state index is 0.107. The zero-order valence-corrected chi connectivity index (χ0v) is 8.08. The van der Waals surface area contributed by atoms with Crippen LogP contribution in [0.25, 0.3) is 11.0 Å². The highest BCUT2D eigenvalue weighted by atomic mass is 35.5. The highest BCUT2D eigenvalue weighted by molar-refractivity contribution is 6.29. The van der Waals surface area contributed by atoms with Crippen molar-refractivity contribution in [2.75, 3.05) is 0 Å². The van der Waals surface area contributed by atoms with Crippen LogP contribution >= 0.6 is 11.6 Å². The number of hydrogen-bond acceptors (Lipinski definition) is 2. The first-order valence-electron chi connectivity index (χ1n) is 4.08. The van der Waals surface area contributed by atoms with Crippen molar-refractivity contribution in [2.24, 2.45) is 0 Å². The van der Waals surface area contributed by atoms with Gasteiger partial charge >= 0.3 is 0 Å². The molecule has 1 N–H and O–H groups in total. The molecule has 0 unspecified atom stereocenters. The van der Waals surface area contributed by atoms with Crippen LogP contribution in [0.2, 0.25) is 5.15 Å². The Hall–Kier alpha value is -1.55. The van der Waals surface area contributed by atoms with Gasteiger partial charge in [0.25, 0.3) is 5.56 Å². The van der Waals surface area contributed by atoms with E-state index >= 15 is 0 Å². The van der Waals surface area contributed by atoms with Crippen molar-refractivity contribution in [3.05, 3.63) is 40.3 Å². The van der Waals surface area contributed by atoms with Crippen LogP contribution in [0.4, 0.5) is 0 Å². The van der Waals surface area contributed by atoms with E-state index in [0.717, 1.165) is 0 Å². The molecule has 0 saturated heterocycles. The Morgan fingerprint density at radius 1 is 1.64 bits per heavy atom. The average molecular weight is 210 g/mol. The standard InChI is InChI=1S/C9H8ClN3O/c1-2-5-13-9(14)6-3-4-7(10)11-8(6)12-13/h2-4H,1,5H2,(H,11,12). The SMILES string of the molecule is C=CCn1[nH]c2nc(Cl)ccc2c1=O. The molecule has 0 aliphatic carbocycles. The zero-order valence-electron chi connectivity index (χ0n) is 7.33. The third-order valence-electron chi connectivity index (χ3n) is 1.89. The second kappa shape index (κ2) is 3.31. The highest BCUT2D eigenvalue weighted by Gasteiger charge is 2.06. The molecule has 14 heavy (non-hydrogen) atoms. The Labute approximate surface area is 84.8 Å². The number of fused-ring (bicyclic) bond motifs is 1. The number of allylic oxidation sites excluding steroid dienone is 1. The molecule has 0 saturated carbocycles. The zero-order chi connectivity index (χ0) is 10.1. The van der Waals surface area contributed by atoms with Gasteiger partial charge in [-0.05, 0) is 12.1 Å². The molecule has 0 aliphatic heterocycles. The predicted molar refractivity (Wildman–Crippen MR) is 55.6 cm³/mol. The fourth-order valence-corrected chi connectivity index (χ4v) is 1.42. The van der Waals surface area contributed by atoms with Crippen LogP contribution in [0.3, 0.4) is 0 Å². The van der Waals surface area contributed by atoms with Crippen LogP contribution < -0.4 is 5.56 Å². The van der Waals surface area contributed by atoms with Crippen LogP contribution in [0, 0.1) is 0 Å². The number of nitrogens with one attached hydrogen (secondary N) is 1.